The molecule has 24 heavy (non-hydrogen) atoms. The van der Waals surface area contributed by atoms with Gasteiger partial charge in [0.1, 0.15) is 11.3 Å². The van der Waals surface area contributed by atoms with E-state index in [1.807, 2.05) is 16.3 Å². The van der Waals surface area contributed by atoms with Crippen LogP contribution in [0, 0.1) is 0 Å². The van der Waals surface area contributed by atoms with Crippen molar-refractivity contribution in [3.8, 4) is 10.6 Å². The minimum Gasteiger partial charge on any atom is -0.481 e. The topological polar surface area (TPSA) is 83.6 Å². The molecule has 1 amide bonds. The second-order valence-electron chi connectivity index (χ2n) is 6.00. The first-order chi connectivity index (χ1) is 11.6. The maximum atomic E-state index is 12.6. The van der Waals surface area contributed by atoms with Gasteiger partial charge in [-0.25, -0.2) is 4.98 Å². The van der Waals surface area contributed by atoms with Crippen molar-refractivity contribution in [2.75, 3.05) is 6.54 Å². The van der Waals surface area contributed by atoms with Crippen molar-refractivity contribution in [2.45, 2.75) is 44.6 Å². The van der Waals surface area contributed by atoms with Crippen LogP contribution in [0.15, 0.2) is 28.4 Å². The minimum atomic E-state index is -0.808. The molecular weight excluding hydrogens is 328 g/mol. The van der Waals surface area contributed by atoms with Gasteiger partial charge in [0.25, 0.3) is 0 Å². The third-order valence-corrected chi connectivity index (χ3v) is 5.23. The van der Waals surface area contributed by atoms with E-state index in [-0.39, 0.29) is 24.8 Å². The second kappa shape index (κ2) is 7.61. The molecule has 6 nitrogen and oxygen atoms in total. The number of hydrogen-bond donors (Lipinski definition) is 1. The normalized spacial score (nSPS) is 17.8. The van der Waals surface area contributed by atoms with E-state index in [4.69, 9.17) is 9.52 Å². The number of aromatic nitrogens is 1. The highest BCUT2D eigenvalue weighted by Crippen LogP contribution is 2.26. The summed E-state index contributed by atoms with van der Waals surface area (Å²) in [5, 5.41) is 11.6. The summed E-state index contributed by atoms with van der Waals surface area (Å²) < 4.78 is 5.06. The molecule has 1 atom stereocenters. The molecule has 1 unspecified atom stereocenters. The summed E-state index contributed by atoms with van der Waals surface area (Å²) in [6.07, 6.45) is 7.05. The Balaban J connectivity index is 1.63. The summed E-state index contributed by atoms with van der Waals surface area (Å²) in [6.45, 7) is 0.710. The fourth-order valence-electron chi connectivity index (χ4n) is 3.08. The van der Waals surface area contributed by atoms with Gasteiger partial charge in [-0.1, -0.05) is 0 Å². The number of aliphatic carboxylic acids is 1. The molecule has 0 saturated carbocycles. The van der Waals surface area contributed by atoms with Gasteiger partial charge >= 0.3 is 5.97 Å². The maximum Gasteiger partial charge on any atom is 0.303 e. The van der Waals surface area contributed by atoms with E-state index in [9.17, 15) is 9.59 Å². The summed E-state index contributed by atoms with van der Waals surface area (Å²) in [6, 6.07) is 1.88. The Bertz CT molecular complexity index is 695. The van der Waals surface area contributed by atoms with E-state index in [1.54, 1.807) is 12.5 Å². The average molecular weight is 348 g/mol. The van der Waals surface area contributed by atoms with Gasteiger partial charge in [0, 0.05) is 30.0 Å². The van der Waals surface area contributed by atoms with Crippen molar-refractivity contribution in [1.82, 2.24) is 9.88 Å². The van der Waals surface area contributed by atoms with Crippen molar-refractivity contribution in [2.24, 2.45) is 0 Å². The zero-order valence-corrected chi connectivity index (χ0v) is 14.1. The number of hydrogen-bond acceptors (Lipinski definition) is 5. The lowest BCUT2D eigenvalue weighted by Crippen LogP contribution is -2.44. The minimum absolute atomic E-state index is 0.0362. The summed E-state index contributed by atoms with van der Waals surface area (Å²) >= 11 is 1.49. The SMILES string of the molecule is O=C(O)CCC1CCCCN1C(=O)Cc1csc(-c2ccoc2)n1. The Morgan fingerprint density at radius 1 is 1.42 bits per heavy atom. The molecule has 7 heteroatoms. The average Bonchev–Trinajstić information content (AvgIpc) is 3.24. The molecule has 3 heterocycles. The molecule has 2 aromatic rings. The third-order valence-electron chi connectivity index (χ3n) is 4.29. The lowest BCUT2D eigenvalue weighted by molar-refractivity contribution is -0.139. The number of carboxylic acid groups (broad SMARTS) is 1. The number of carboxylic acids is 1. The smallest absolute Gasteiger partial charge is 0.303 e. The molecule has 1 fully saturated rings. The van der Waals surface area contributed by atoms with Crippen LogP contribution in [0.3, 0.4) is 0 Å². The molecule has 1 N–H and O–H groups in total. The lowest BCUT2D eigenvalue weighted by Gasteiger charge is -2.35. The number of rotatable bonds is 6. The largest absolute Gasteiger partial charge is 0.481 e. The highest BCUT2D eigenvalue weighted by Gasteiger charge is 2.27. The lowest BCUT2D eigenvalue weighted by atomic mass is 9.97. The Morgan fingerprint density at radius 3 is 3.04 bits per heavy atom. The van der Waals surface area contributed by atoms with E-state index in [0.717, 1.165) is 35.5 Å². The van der Waals surface area contributed by atoms with Crippen LogP contribution in [0.1, 0.15) is 37.8 Å². The second-order valence-corrected chi connectivity index (χ2v) is 6.86. The zero-order chi connectivity index (χ0) is 16.9. The maximum absolute atomic E-state index is 12.6. The highest BCUT2D eigenvalue weighted by atomic mass is 32.1. The van der Waals surface area contributed by atoms with Crippen LogP contribution in [0.5, 0.6) is 0 Å². The van der Waals surface area contributed by atoms with Gasteiger partial charge in [0.15, 0.2) is 0 Å². The first-order valence-electron chi connectivity index (χ1n) is 8.11. The van der Waals surface area contributed by atoms with Crippen LogP contribution in [0.25, 0.3) is 10.6 Å². The predicted molar refractivity (Wildman–Crippen MR) is 89.7 cm³/mol. The Hall–Kier alpha value is -2.15. The number of furan rings is 1. The summed E-state index contributed by atoms with van der Waals surface area (Å²) in [5.41, 5.74) is 1.67. The van der Waals surface area contributed by atoms with Gasteiger partial charge in [-0.05, 0) is 31.7 Å². The number of nitrogens with zero attached hydrogens (tertiary/aromatic N) is 2. The number of carbonyl (C=O) groups is 2. The first-order valence-corrected chi connectivity index (χ1v) is 8.99. The molecule has 128 valence electrons. The van der Waals surface area contributed by atoms with Gasteiger partial charge < -0.3 is 14.4 Å². The van der Waals surface area contributed by atoms with E-state index in [2.05, 4.69) is 4.98 Å². The van der Waals surface area contributed by atoms with Crippen molar-refractivity contribution in [3.63, 3.8) is 0 Å². The van der Waals surface area contributed by atoms with Crippen LogP contribution in [-0.4, -0.2) is 39.5 Å². The molecule has 0 aliphatic carbocycles. The highest BCUT2D eigenvalue weighted by molar-refractivity contribution is 7.13. The number of thiazole rings is 1. The van der Waals surface area contributed by atoms with E-state index >= 15 is 0 Å². The van der Waals surface area contributed by atoms with Crippen LogP contribution in [-0.2, 0) is 16.0 Å². The predicted octanol–water partition coefficient (Wildman–Crippen LogP) is 3.19. The van der Waals surface area contributed by atoms with Crippen LogP contribution < -0.4 is 0 Å². The summed E-state index contributed by atoms with van der Waals surface area (Å²) in [4.78, 5) is 29.8. The number of carbonyl (C=O) groups excluding carboxylic acids is 1. The number of amides is 1. The molecule has 0 bridgehead atoms. The molecule has 0 spiro atoms. The quantitative estimate of drug-likeness (QED) is 0.867. The van der Waals surface area contributed by atoms with Crippen molar-refractivity contribution in [1.29, 1.82) is 0 Å². The molecule has 1 aliphatic heterocycles. The molecule has 1 aliphatic rings. The molecule has 2 aromatic heterocycles. The fourth-order valence-corrected chi connectivity index (χ4v) is 3.89. The summed E-state index contributed by atoms with van der Waals surface area (Å²) in [7, 11) is 0. The Morgan fingerprint density at radius 2 is 2.29 bits per heavy atom. The third kappa shape index (κ3) is 4.03. The van der Waals surface area contributed by atoms with Crippen molar-refractivity contribution >= 4 is 23.2 Å². The van der Waals surface area contributed by atoms with Gasteiger partial charge in [-0.15, -0.1) is 11.3 Å². The Labute approximate surface area is 144 Å². The van der Waals surface area contributed by atoms with Crippen LogP contribution in [0.2, 0.25) is 0 Å². The standard InChI is InChI=1S/C17H20N2O4S/c20-15(19-7-2-1-3-14(19)4-5-16(21)22)9-13-11-24-17(18-13)12-6-8-23-10-12/h6,8,10-11,14H,1-5,7,9H2,(H,21,22). The van der Waals surface area contributed by atoms with Gasteiger partial charge in [0.05, 0.1) is 18.4 Å². The van der Waals surface area contributed by atoms with Crippen LogP contribution in [0.4, 0.5) is 0 Å². The number of piperidine rings is 1. The summed E-state index contributed by atoms with van der Waals surface area (Å²) in [5.74, 6) is -0.772. The number of likely N-dealkylation sites (tertiary alicyclic amines) is 1. The fraction of sp³-hybridized carbons (Fsp3) is 0.471. The van der Waals surface area contributed by atoms with Crippen molar-refractivity contribution in [3.05, 3.63) is 29.7 Å². The monoisotopic (exact) mass is 348 g/mol. The molecule has 0 aromatic carbocycles. The van der Waals surface area contributed by atoms with Crippen LogP contribution >= 0.6 is 11.3 Å². The Kier molecular flexibility index (Phi) is 5.30. The van der Waals surface area contributed by atoms with E-state index in [0.29, 0.717) is 13.0 Å². The van der Waals surface area contributed by atoms with E-state index in [1.165, 1.54) is 11.3 Å². The van der Waals surface area contributed by atoms with Gasteiger partial charge in [-0.2, -0.15) is 0 Å². The molecule has 3 rings (SSSR count). The van der Waals surface area contributed by atoms with Crippen molar-refractivity contribution < 1.29 is 19.1 Å². The zero-order valence-electron chi connectivity index (χ0n) is 13.3. The van der Waals surface area contributed by atoms with Gasteiger partial charge in [0.2, 0.25) is 5.91 Å². The molecule has 0 radical (unpaired) electrons. The molecule has 1 saturated heterocycles. The van der Waals surface area contributed by atoms with E-state index < -0.39 is 5.97 Å². The molecular formula is C17H20N2O4S. The first kappa shape index (κ1) is 16.7. The van der Waals surface area contributed by atoms with Gasteiger partial charge in [-0.3, -0.25) is 9.59 Å².